The molecule has 0 N–H and O–H groups in total. The van der Waals surface area contributed by atoms with Gasteiger partial charge in [-0.3, -0.25) is 4.90 Å². The Labute approximate surface area is 171 Å². The first-order chi connectivity index (χ1) is 14.2. The Morgan fingerprint density at radius 2 is 1.72 bits per heavy atom. The van der Waals surface area contributed by atoms with E-state index in [1.165, 1.54) is 30.5 Å². The molecule has 4 rings (SSSR count). The predicted octanol–water partition coefficient (Wildman–Crippen LogP) is 4.85. The first-order valence-corrected chi connectivity index (χ1v) is 10.2. The maximum Gasteiger partial charge on any atom is 0.217 e. The number of aryl methyl sites for hydroxylation is 1. The van der Waals surface area contributed by atoms with Crippen LogP contribution in [0.1, 0.15) is 30.1 Å². The topological polar surface area (TPSA) is 38.2 Å². The van der Waals surface area contributed by atoms with Crippen LogP contribution in [-0.4, -0.2) is 41.1 Å². The summed E-state index contributed by atoms with van der Waals surface area (Å²) in [5.41, 5.74) is 3.05. The minimum atomic E-state index is -0.257. The average Bonchev–Trinajstić information content (AvgIpc) is 2.75. The normalized spacial score (nSPS) is 15.4. The summed E-state index contributed by atoms with van der Waals surface area (Å²) < 4.78 is 19.1. The van der Waals surface area contributed by atoms with Gasteiger partial charge in [-0.25, -0.2) is 9.37 Å². The van der Waals surface area contributed by atoms with Crippen molar-refractivity contribution in [2.75, 3.05) is 26.2 Å². The van der Waals surface area contributed by atoms with E-state index < -0.39 is 0 Å². The molecule has 1 aliphatic heterocycles. The lowest BCUT2D eigenvalue weighted by molar-refractivity contribution is 0.171. The molecule has 4 nitrogen and oxygen atoms in total. The quantitative estimate of drug-likeness (QED) is 0.602. The molecule has 2 aromatic carbocycles. The van der Waals surface area contributed by atoms with Crippen LogP contribution in [0.15, 0.2) is 60.7 Å². The first kappa shape index (κ1) is 19.5. The third-order valence-corrected chi connectivity index (χ3v) is 5.47. The van der Waals surface area contributed by atoms with E-state index in [-0.39, 0.29) is 5.82 Å². The third kappa shape index (κ3) is 5.18. The predicted molar refractivity (Wildman–Crippen MR) is 113 cm³/mol. The van der Waals surface area contributed by atoms with Crippen LogP contribution >= 0.6 is 0 Å². The Kier molecular flexibility index (Phi) is 6.15. The molecule has 29 heavy (non-hydrogen) atoms. The number of nitrogens with zero attached hydrogens (tertiary/aromatic N) is 3. The van der Waals surface area contributed by atoms with E-state index in [4.69, 9.17) is 4.74 Å². The zero-order valence-electron chi connectivity index (χ0n) is 16.7. The van der Waals surface area contributed by atoms with Crippen LogP contribution in [0, 0.1) is 12.7 Å². The molecule has 150 valence electrons. The van der Waals surface area contributed by atoms with Gasteiger partial charge in [-0.15, -0.1) is 0 Å². The van der Waals surface area contributed by atoms with Crippen molar-refractivity contribution in [2.45, 2.75) is 25.7 Å². The molecule has 0 radical (unpaired) electrons. The molecular formula is C24H26FN3O. The Hall–Kier alpha value is -2.79. The minimum Gasteiger partial charge on any atom is -0.476 e. The molecule has 0 spiro atoms. The van der Waals surface area contributed by atoms with Gasteiger partial charge in [0.25, 0.3) is 0 Å². The standard InChI is InChI=1S/C24H26FN3O/c1-18-26-23(21-7-9-22(25)10-8-21)17-24(27-18)29-16-15-28-13-11-20(12-14-28)19-5-3-2-4-6-19/h2-10,17,20H,11-16H2,1H3. The van der Waals surface area contributed by atoms with Crippen molar-refractivity contribution in [1.82, 2.24) is 14.9 Å². The highest BCUT2D eigenvalue weighted by molar-refractivity contribution is 5.59. The molecule has 0 saturated carbocycles. The number of aromatic nitrogens is 2. The van der Waals surface area contributed by atoms with Crippen LogP contribution in [-0.2, 0) is 0 Å². The number of rotatable bonds is 6. The molecule has 1 fully saturated rings. The lowest BCUT2D eigenvalue weighted by Crippen LogP contribution is -2.35. The summed E-state index contributed by atoms with van der Waals surface area (Å²) in [5, 5.41) is 0. The summed E-state index contributed by atoms with van der Waals surface area (Å²) in [6.07, 6.45) is 2.37. The maximum absolute atomic E-state index is 13.2. The van der Waals surface area contributed by atoms with Crippen molar-refractivity contribution in [2.24, 2.45) is 0 Å². The Balaban J connectivity index is 1.29. The summed E-state index contributed by atoms with van der Waals surface area (Å²) in [7, 11) is 0. The molecule has 0 bridgehead atoms. The van der Waals surface area contributed by atoms with Crippen molar-refractivity contribution in [3.63, 3.8) is 0 Å². The van der Waals surface area contributed by atoms with Gasteiger partial charge in [-0.05, 0) is 68.6 Å². The van der Waals surface area contributed by atoms with Crippen molar-refractivity contribution in [3.8, 4) is 17.1 Å². The molecule has 2 heterocycles. The van der Waals surface area contributed by atoms with Crippen LogP contribution in [0.3, 0.4) is 0 Å². The van der Waals surface area contributed by atoms with E-state index in [2.05, 4.69) is 45.2 Å². The number of piperidine rings is 1. The summed E-state index contributed by atoms with van der Waals surface area (Å²) in [6.45, 7) is 5.50. The zero-order valence-corrected chi connectivity index (χ0v) is 16.7. The van der Waals surface area contributed by atoms with Gasteiger partial charge in [0.1, 0.15) is 18.2 Å². The SMILES string of the molecule is Cc1nc(OCCN2CCC(c3ccccc3)CC2)cc(-c2ccc(F)cc2)n1. The number of benzene rings is 2. The second-order valence-electron chi connectivity index (χ2n) is 7.52. The zero-order chi connectivity index (χ0) is 20.1. The lowest BCUT2D eigenvalue weighted by atomic mass is 9.89. The molecule has 1 aromatic heterocycles. The molecule has 0 amide bonds. The van der Waals surface area contributed by atoms with Gasteiger partial charge >= 0.3 is 0 Å². The van der Waals surface area contributed by atoms with Gasteiger partial charge in [0.2, 0.25) is 5.88 Å². The molecule has 0 unspecified atom stereocenters. The van der Waals surface area contributed by atoms with E-state index >= 15 is 0 Å². The summed E-state index contributed by atoms with van der Waals surface area (Å²) in [5.74, 6) is 1.62. The monoisotopic (exact) mass is 391 g/mol. The van der Waals surface area contributed by atoms with Crippen molar-refractivity contribution < 1.29 is 9.13 Å². The second kappa shape index (κ2) is 9.14. The van der Waals surface area contributed by atoms with E-state index in [9.17, 15) is 4.39 Å². The van der Waals surface area contributed by atoms with Crippen LogP contribution in [0.4, 0.5) is 4.39 Å². The second-order valence-corrected chi connectivity index (χ2v) is 7.52. The van der Waals surface area contributed by atoms with Crippen molar-refractivity contribution in [3.05, 3.63) is 77.9 Å². The van der Waals surface area contributed by atoms with E-state index in [1.807, 2.05) is 13.0 Å². The van der Waals surface area contributed by atoms with E-state index in [1.54, 1.807) is 12.1 Å². The van der Waals surface area contributed by atoms with Gasteiger partial charge < -0.3 is 4.74 Å². The average molecular weight is 391 g/mol. The van der Waals surface area contributed by atoms with E-state index in [0.717, 1.165) is 30.9 Å². The van der Waals surface area contributed by atoms with E-state index in [0.29, 0.717) is 24.2 Å². The highest BCUT2D eigenvalue weighted by Gasteiger charge is 2.20. The largest absolute Gasteiger partial charge is 0.476 e. The van der Waals surface area contributed by atoms with Crippen LogP contribution in [0.5, 0.6) is 5.88 Å². The first-order valence-electron chi connectivity index (χ1n) is 10.2. The fraction of sp³-hybridized carbons (Fsp3) is 0.333. The highest BCUT2D eigenvalue weighted by atomic mass is 19.1. The molecule has 0 aliphatic carbocycles. The number of ether oxygens (including phenoxy) is 1. The Bertz CT molecular complexity index is 923. The third-order valence-electron chi connectivity index (χ3n) is 5.47. The molecule has 3 aromatic rings. The van der Waals surface area contributed by atoms with Gasteiger partial charge in [0.05, 0.1) is 5.69 Å². The minimum absolute atomic E-state index is 0.257. The van der Waals surface area contributed by atoms with Gasteiger partial charge in [-0.2, -0.15) is 4.98 Å². The van der Waals surface area contributed by atoms with Gasteiger partial charge in [0, 0.05) is 18.2 Å². The molecule has 1 aliphatic rings. The molecular weight excluding hydrogens is 365 g/mol. The molecule has 5 heteroatoms. The summed E-state index contributed by atoms with van der Waals surface area (Å²) in [4.78, 5) is 11.3. The fourth-order valence-corrected chi connectivity index (χ4v) is 3.88. The smallest absolute Gasteiger partial charge is 0.217 e. The fourth-order valence-electron chi connectivity index (χ4n) is 3.88. The Morgan fingerprint density at radius 3 is 2.45 bits per heavy atom. The summed E-state index contributed by atoms with van der Waals surface area (Å²) >= 11 is 0. The lowest BCUT2D eigenvalue weighted by Gasteiger charge is -2.32. The number of likely N-dealkylation sites (tertiary alicyclic amines) is 1. The highest BCUT2D eigenvalue weighted by Crippen LogP contribution is 2.27. The van der Waals surface area contributed by atoms with Crippen LogP contribution in [0.2, 0.25) is 0 Å². The summed E-state index contributed by atoms with van der Waals surface area (Å²) in [6, 6.07) is 18.9. The number of hydrogen-bond donors (Lipinski definition) is 0. The van der Waals surface area contributed by atoms with Crippen molar-refractivity contribution >= 4 is 0 Å². The molecule has 0 atom stereocenters. The Morgan fingerprint density at radius 1 is 1.00 bits per heavy atom. The number of halogens is 1. The van der Waals surface area contributed by atoms with Gasteiger partial charge in [0.15, 0.2) is 0 Å². The van der Waals surface area contributed by atoms with Crippen LogP contribution < -0.4 is 4.74 Å². The number of hydrogen-bond acceptors (Lipinski definition) is 4. The van der Waals surface area contributed by atoms with Crippen molar-refractivity contribution in [1.29, 1.82) is 0 Å². The van der Waals surface area contributed by atoms with Crippen LogP contribution in [0.25, 0.3) is 11.3 Å². The maximum atomic E-state index is 13.2. The van der Waals surface area contributed by atoms with Gasteiger partial charge in [-0.1, -0.05) is 30.3 Å². The molecule has 1 saturated heterocycles.